The van der Waals surface area contributed by atoms with Gasteiger partial charge in [0.05, 0.1) is 24.3 Å². The predicted molar refractivity (Wildman–Crippen MR) is 91.9 cm³/mol. The SMILES string of the molecule is CCOc1c(Cl)cc(C(=O)O[C@H](C)C(=O)NCC(C)C)cc1OC. The first-order chi connectivity index (χ1) is 11.3. The highest BCUT2D eigenvalue weighted by Crippen LogP contribution is 2.36. The summed E-state index contributed by atoms with van der Waals surface area (Å²) in [6.07, 6.45) is -0.910. The molecule has 0 radical (unpaired) electrons. The zero-order valence-electron chi connectivity index (χ0n) is 14.6. The fourth-order valence-electron chi connectivity index (χ4n) is 1.85. The number of rotatable bonds is 8. The number of ether oxygens (including phenoxy) is 3. The Labute approximate surface area is 147 Å². The molecule has 0 aliphatic carbocycles. The summed E-state index contributed by atoms with van der Waals surface area (Å²) >= 11 is 6.13. The lowest BCUT2D eigenvalue weighted by Crippen LogP contribution is -2.37. The maximum Gasteiger partial charge on any atom is 0.339 e. The number of carbonyl (C=O) groups is 2. The molecule has 1 amide bonds. The molecular weight excluding hydrogens is 334 g/mol. The van der Waals surface area contributed by atoms with Crippen molar-refractivity contribution in [1.29, 1.82) is 0 Å². The Morgan fingerprint density at radius 1 is 1.25 bits per heavy atom. The van der Waals surface area contributed by atoms with E-state index in [0.29, 0.717) is 30.6 Å². The molecule has 24 heavy (non-hydrogen) atoms. The van der Waals surface area contributed by atoms with E-state index in [1.165, 1.54) is 26.2 Å². The average molecular weight is 358 g/mol. The molecule has 1 N–H and O–H groups in total. The van der Waals surface area contributed by atoms with Gasteiger partial charge in [-0.25, -0.2) is 4.79 Å². The highest BCUT2D eigenvalue weighted by Gasteiger charge is 2.21. The normalized spacial score (nSPS) is 11.8. The van der Waals surface area contributed by atoms with E-state index in [0.717, 1.165) is 0 Å². The second-order valence-electron chi connectivity index (χ2n) is 5.61. The summed E-state index contributed by atoms with van der Waals surface area (Å²) in [5.41, 5.74) is 0.184. The topological polar surface area (TPSA) is 73.9 Å². The molecule has 0 aromatic heterocycles. The fourth-order valence-corrected chi connectivity index (χ4v) is 2.12. The fraction of sp³-hybridized carbons (Fsp3) is 0.529. The first-order valence-electron chi connectivity index (χ1n) is 7.79. The highest BCUT2D eigenvalue weighted by atomic mass is 35.5. The lowest BCUT2D eigenvalue weighted by Gasteiger charge is -2.16. The molecule has 1 rings (SSSR count). The Balaban J connectivity index is 2.84. The zero-order chi connectivity index (χ0) is 18.3. The minimum absolute atomic E-state index is 0.184. The number of carbonyl (C=O) groups excluding carboxylic acids is 2. The van der Waals surface area contributed by atoms with E-state index in [1.807, 2.05) is 20.8 Å². The third kappa shape index (κ3) is 5.60. The largest absolute Gasteiger partial charge is 0.493 e. The van der Waals surface area contributed by atoms with Crippen LogP contribution in [0.25, 0.3) is 0 Å². The molecule has 0 unspecified atom stereocenters. The lowest BCUT2D eigenvalue weighted by atomic mass is 10.2. The van der Waals surface area contributed by atoms with Crippen LogP contribution in [0.3, 0.4) is 0 Å². The van der Waals surface area contributed by atoms with Crippen LogP contribution in [0.2, 0.25) is 5.02 Å². The molecule has 7 heteroatoms. The van der Waals surface area contributed by atoms with Crippen LogP contribution in [-0.4, -0.2) is 38.2 Å². The summed E-state index contributed by atoms with van der Waals surface area (Å²) in [5.74, 6) is -0.00771. The van der Waals surface area contributed by atoms with Crippen LogP contribution in [-0.2, 0) is 9.53 Å². The van der Waals surface area contributed by atoms with Gasteiger partial charge in [-0.1, -0.05) is 25.4 Å². The average Bonchev–Trinajstić information content (AvgIpc) is 2.53. The van der Waals surface area contributed by atoms with Crippen molar-refractivity contribution in [3.63, 3.8) is 0 Å². The number of nitrogens with one attached hydrogen (secondary N) is 1. The van der Waals surface area contributed by atoms with Crippen molar-refractivity contribution < 1.29 is 23.8 Å². The smallest absolute Gasteiger partial charge is 0.339 e. The first kappa shape index (κ1) is 20.1. The van der Waals surface area contributed by atoms with Gasteiger partial charge in [-0.2, -0.15) is 0 Å². The Kier molecular flexibility index (Phi) is 7.85. The van der Waals surface area contributed by atoms with Crippen molar-refractivity contribution in [2.24, 2.45) is 5.92 Å². The lowest BCUT2D eigenvalue weighted by molar-refractivity contribution is -0.129. The van der Waals surface area contributed by atoms with Gasteiger partial charge in [-0.05, 0) is 31.9 Å². The van der Waals surface area contributed by atoms with E-state index in [2.05, 4.69) is 5.32 Å². The number of halogens is 1. The summed E-state index contributed by atoms with van der Waals surface area (Å²) < 4.78 is 15.8. The second-order valence-corrected chi connectivity index (χ2v) is 6.02. The van der Waals surface area contributed by atoms with E-state index in [4.69, 9.17) is 25.8 Å². The van der Waals surface area contributed by atoms with Gasteiger partial charge in [0.2, 0.25) is 0 Å². The summed E-state index contributed by atoms with van der Waals surface area (Å²) in [7, 11) is 1.45. The van der Waals surface area contributed by atoms with Crippen molar-refractivity contribution in [3.8, 4) is 11.5 Å². The number of hydrogen-bond acceptors (Lipinski definition) is 5. The molecule has 0 bridgehead atoms. The highest BCUT2D eigenvalue weighted by molar-refractivity contribution is 6.32. The van der Waals surface area contributed by atoms with Gasteiger partial charge in [0.1, 0.15) is 0 Å². The summed E-state index contributed by atoms with van der Waals surface area (Å²) in [6, 6.07) is 2.90. The number of hydrogen-bond donors (Lipinski definition) is 1. The zero-order valence-corrected chi connectivity index (χ0v) is 15.4. The Morgan fingerprint density at radius 3 is 2.46 bits per heavy atom. The van der Waals surface area contributed by atoms with Gasteiger partial charge in [-0.15, -0.1) is 0 Å². The van der Waals surface area contributed by atoms with Crippen LogP contribution in [0, 0.1) is 5.92 Å². The van der Waals surface area contributed by atoms with Crippen LogP contribution in [0.4, 0.5) is 0 Å². The third-order valence-corrected chi connectivity index (χ3v) is 3.37. The van der Waals surface area contributed by atoms with Crippen LogP contribution in [0.15, 0.2) is 12.1 Å². The van der Waals surface area contributed by atoms with Crippen molar-refractivity contribution in [2.45, 2.75) is 33.8 Å². The number of amides is 1. The maximum absolute atomic E-state index is 12.2. The predicted octanol–water partition coefficient (Wildman–Crippen LogP) is 3.06. The van der Waals surface area contributed by atoms with Gasteiger partial charge < -0.3 is 19.5 Å². The van der Waals surface area contributed by atoms with E-state index in [9.17, 15) is 9.59 Å². The van der Waals surface area contributed by atoms with Gasteiger partial charge in [-0.3, -0.25) is 4.79 Å². The molecule has 6 nitrogen and oxygen atoms in total. The first-order valence-corrected chi connectivity index (χ1v) is 8.16. The molecule has 1 aromatic carbocycles. The number of methoxy groups -OCH3 is 1. The molecular formula is C17H24ClNO5. The Hall–Kier alpha value is -1.95. The monoisotopic (exact) mass is 357 g/mol. The van der Waals surface area contributed by atoms with E-state index in [1.54, 1.807) is 0 Å². The summed E-state index contributed by atoms with van der Waals surface area (Å²) in [5, 5.41) is 2.95. The molecule has 1 atom stereocenters. The molecule has 0 fully saturated rings. The van der Waals surface area contributed by atoms with Gasteiger partial charge in [0.15, 0.2) is 17.6 Å². The molecule has 0 heterocycles. The van der Waals surface area contributed by atoms with Gasteiger partial charge in [0, 0.05) is 6.54 Å². The van der Waals surface area contributed by atoms with Crippen LogP contribution >= 0.6 is 11.6 Å². The summed E-state index contributed by atoms with van der Waals surface area (Å²) in [4.78, 5) is 24.1. The quantitative estimate of drug-likeness (QED) is 0.724. The van der Waals surface area contributed by atoms with Crippen LogP contribution in [0.1, 0.15) is 38.1 Å². The second kappa shape index (κ2) is 9.37. The van der Waals surface area contributed by atoms with Crippen molar-refractivity contribution in [3.05, 3.63) is 22.7 Å². The van der Waals surface area contributed by atoms with Crippen molar-refractivity contribution >= 4 is 23.5 Å². The van der Waals surface area contributed by atoms with Crippen LogP contribution < -0.4 is 14.8 Å². The van der Waals surface area contributed by atoms with E-state index in [-0.39, 0.29) is 16.5 Å². The molecule has 1 aromatic rings. The van der Waals surface area contributed by atoms with E-state index < -0.39 is 12.1 Å². The molecule has 0 aliphatic heterocycles. The molecule has 0 saturated heterocycles. The Bertz CT molecular complexity index is 589. The minimum Gasteiger partial charge on any atom is -0.493 e. The van der Waals surface area contributed by atoms with E-state index >= 15 is 0 Å². The Morgan fingerprint density at radius 2 is 1.92 bits per heavy atom. The van der Waals surface area contributed by atoms with Crippen LogP contribution in [0.5, 0.6) is 11.5 Å². The molecule has 0 spiro atoms. The number of esters is 1. The molecule has 0 aliphatic rings. The van der Waals surface area contributed by atoms with Crippen molar-refractivity contribution in [1.82, 2.24) is 5.32 Å². The number of benzene rings is 1. The van der Waals surface area contributed by atoms with Gasteiger partial charge >= 0.3 is 5.97 Å². The summed E-state index contributed by atoms with van der Waals surface area (Å²) in [6.45, 7) is 8.21. The standard InChI is InChI=1S/C17H24ClNO5/c1-6-23-15-13(18)7-12(8-14(15)22-5)17(21)24-11(4)16(20)19-9-10(2)3/h7-8,10-11H,6,9H2,1-5H3,(H,19,20)/t11-/m1/s1. The maximum atomic E-state index is 12.2. The van der Waals surface area contributed by atoms with Gasteiger partial charge in [0.25, 0.3) is 5.91 Å². The molecule has 0 saturated carbocycles. The third-order valence-electron chi connectivity index (χ3n) is 3.09. The minimum atomic E-state index is -0.910. The molecule has 134 valence electrons. The van der Waals surface area contributed by atoms with Crippen molar-refractivity contribution in [2.75, 3.05) is 20.3 Å².